The van der Waals surface area contributed by atoms with Gasteiger partial charge in [0.1, 0.15) is 0 Å². The van der Waals surface area contributed by atoms with E-state index in [0.29, 0.717) is 12.8 Å². The van der Waals surface area contributed by atoms with E-state index in [1.54, 1.807) is 0 Å². The first-order valence-electron chi connectivity index (χ1n) is 5.68. The molecule has 0 spiro atoms. The largest absolute Gasteiger partial charge is 0.289 e. The maximum Gasteiger partial charge on any atom is 0.289 e. The molecule has 0 aliphatic heterocycles. The molecule has 0 radical (unpaired) electrons. The zero-order chi connectivity index (χ0) is 13.8. The SMILES string of the molecule is CCC(CC)NS(=O)(=O)c1ccccc1[N+](=O)[O-]. The summed E-state index contributed by atoms with van der Waals surface area (Å²) in [7, 11) is -3.85. The molecule has 1 aromatic rings. The number of rotatable bonds is 6. The average molecular weight is 272 g/mol. The summed E-state index contributed by atoms with van der Waals surface area (Å²) in [6, 6.07) is 5.11. The van der Waals surface area contributed by atoms with Crippen molar-refractivity contribution in [3.8, 4) is 0 Å². The van der Waals surface area contributed by atoms with Crippen LogP contribution in [0.25, 0.3) is 0 Å². The molecule has 0 bridgehead atoms. The Morgan fingerprint density at radius 2 is 1.83 bits per heavy atom. The highest BCUT2D eigenvalue weighted by Crippen LogP contribution is 2.23. The minimum Gasteiger partial charge on any atom is -0.258 e. The lowest BCUT2D eigenvalue weighted by atomic mass is 10.2. The minimum absolute atomic E-state index is 0.213. The lowest BCUT2D eigenvalue weighted by Gasteiger charge is -2.14. The molecule has 0 atom stereocenters. The van der Waals surface area contributed by atoms with Gasteiger partial charge in [-0.2, -0.15) is 0 Å². The summed E-state index contributed by atoms with van der Waals surface area (Å²) >= 11 is 0. The second-order valence-electron chi connectivity index (χ2n) is 3.86. The van der Waals surface area contributed by atoms with Crippen molar-refractivity contribution in [3.05, 3.63) is 34.4 Å². The van der Waals surface area contributed by atoms with E-state index in [0.717, 1.165) is 0 Å². The molecule has 0 heterocycles. The van der Waals surface area contributed by atoms with E-state index >= 15 is 0 Å². The van der Waals surface area contributed by atoms with Crippen molar-refractivity contribution in [2.75, 3.05) is 0 Å². The number of hydrogen-bond donors (Lipinski definition) is 1. The molecule has 0 amide bonds. The van der Waals surface area contributed by atoms with E-state index in [4.69, 9.17) is 0 Å². The Morgan fingerprint density at radius 1 is 1.28 bits per heavy atom. The van der Waals surface area contributed by atoms with Crippen LogP contribution < -0.4 is 4.72 Å². The maximum absolute atomic E-state index is 12.1. The van der Waals surface area contributed by atoms with Crippen LogP contribution >= 0.6 is 0 Å². The van der Waals surface area contributed by atoms with Crippen LogP contribution in [0.5, 0.6) is 0 Å². The Morgan fingerprint density at radius 3 is 2.33 bits per heavy atom. The molecule has 0 aliphatic rings. The number of nitrogens with one attached hydrogen (secondary N) is 1. The Bertz CT molecular complexity index is 524. The highest BCUT2D eigenvalue weighted by molar-refractivity contribution is 7.89. The van der Waals surface area contributed by atoms with E-state index in [1.165, 1.54) is 24.3 Å². The highest BCUT2D eigenvalue weighted by atomic mass is 32.2. The minimum atomic E-state index is -3.85. The number of nitrogens with zero attached hydrogens (tertiary/aromatic N) is 1. The fraction of sp³-hybridized carbons (Fsp3) is 0.455. The zero-order valence-electron chi connectivity index (χ0n) is 10.3. The fourth-order valence-corrected chi connectivity index (χ4v) is 3.15. The third-order valence-corrected chi connectivity index (χ3v) is 4.23. The molecule has 100 valence electrons. The van der Waals surface area contributed by atoms with Gasteiger partial charge in [-0.25, -0.2) is 13.1 Å². The molecule has 0 saturated carbocycles. The van der Waals surface area contributed by atoms with Crippen molar-refractivity contribution in [2.45, 2.75) is 37.6 Å². The summed E-state index contributed by atoms with van der Waals surface area (Å²) in [5, 5.41) is 10.8. The van der Waals surface area contributed by atoms with Crippen molar-refractivity contribution in [3.63, 3.8) is 0 Å². The van der Waals surface area contributed by atoms with Gasteiger partial charge in [-0.1, -0.05) is 26.0 Å². The third-order valence-electron chi connectivity index (χ3n) is 2.66. The first-order chi connectivity index (χ1) is 8.42. The summed E-state index contributed by atoms with van der Waals surface area (Å²) in [4.78, 5) is 9.82. The predicted molar refractivity (Wildman–Crippen MR) is 67.8 cm³/mol. The van der Waals surface area contributed by atoms with Gasteiger partial charge in [0.2, 0.25) is 10.0 Å². The monoisotopic (exact) mass is 272 g/mol. The quantitative estimate of drug-likeness (QED) is 0.634. The van der Waals surface area contributed by atoms with Crippen molar-refractivity contribution < 1.29 is 13.3 Å². The average Bonchev–Trinajstić information content (AvgIpc) is 2.36. The number of benzene rings is 1. The van der Waals surface area contributed by atoms with Gasteiger partial charge in [0.25, 0.3) is 5.69 Å². The molecule has 18 heavy (non-hydrogen) atoms. The van der Waals surface area contributed by atoms with Gasteiger partial charge in [-0.3, -0.25) is 10.1 Å². The predicted octanol–water partition coefficient (Wildman–Crippen LogP) is 2.06. The van der Waals surface area contributed by atoms with E-state index in [1.807, 2.05) is 13.8 Å². The molecule has 1 aromatic carbocycles. The topological polar surface area (TPSA) is 89.3 Å². The molecule has 0 fully saturated rings. The van der Waals surface area contributed by atoms with Crippen LogP contribution in [0.2, 0.25) is 0 Å². The first-order valence-corrected chi connectivity index (χ1v) is 7.16. The van der Waals surface area contributed by atoms with E-state index in [2.05, 4.69) is 4.72 Å². The molecule has 0 saturated heterocycles. The molecule has 7 heteroatoms. The van der Waals surface area contributed by atoms with Gasteiger partial charge in [-0.15, -0.1) is 0 Å². The van der Waals surface area contributed by atoms with Crippen LogP contribution in [0, 0.1) is 10.1 Å². The standard InChI is InChI=1S/C11H16N2O4S/c1-3-9(4-2)12-18(16,17)11-8-6-5-7-10(11)13(14)15/h5-9,12H,3-4H2,1-2H3. The van der Waals surface area contributed by atoms with E-state index in [9.17, 15) is 18.5 Å². The van der Waals surface area contributed by atoms with Crippen LogP contribution in [0.4, 0.5) is 5.69 Å². The second-order valence-corrected chi connectivity index (χ2v) is 5.54. The number of nitro benzene ring substituents is 1. The molecule has 0 unspecified atom stereocenters. The molecular formula is C11H16N2O4S. The van der Waals surface area contributed by atoms with Gasteiger partial charge in [0.15, 0.2) is 4.90 Å². The molecule has 1 N–H and O–H groups in total. The molecule has 1 rings (SSSR count). The summed E-state index contributed by atoms with van der Waals surface area (Å²) in [5.74, 6) is 0. The molecule has 0 aromatic heterocycles. The maximum atomic E-state index is 12.1. The Labute approximate surface area is 106 Å². The summed E-state index contributed by atoms with van der Waals surface area (Å²) in [6.07, 6.45) is 1.27. The van der Waals surface area contributed by atoms with Crippen molar-refractivity contribution >= 4 is 15.7 Å². The van der Waals surface area contributed by atoms with Gasteiger partial charge in [0.05, 0.1) is 4.92 Å². The van der Waals surface area contributed by atoms with Crippen LogP contribution in [-0.4, -0.2) is 19.4 Å². The fourth-order valence-electron chi connectivity index (χ4n) is 1.57. The normalized spacial score (nSPS) is 11.7. The second kappa shape index (κ2) is 5.92. The van der Waals surface area contributed by atoms with Gasteiger partial charge >= 0.3 is 0 Å². The highest BCUT2D eigenvalue weighted by Gasteiger charge is 2.26. The zero-order valence-corrected chi connectivity index (χ0v) is 11.1. The number of hydrogen-bond acceptors (Lipinski definition) is 4. The smallest absolute Gasteiger partial charge is 0.258 e. The Balaban J connectivity index is 3.16. The number of sulfonamides is 1. The van der Waals surface area contributed by atoms with Crippen molar-refractivity contribution in [2.24, 2.45) is 0 Å². The first kappa shape index (κ1) is 14.6. The summed E-state index contributed by atoms with van der Waals surface area (Å²) < 4.78 is 26.6. The van der Waals surface area contributed by atoms with Crippen LogP contribution in [0.3, 0.4) is 0 Å². The number of nitro groups is 1. The number of para-hydroxylation sites is 1. The lowest BCUT2D eigenvalue weighted by molar-refractivity contribution is -0.387. The van der Waals surface area contributed by atoms with Gasteiger partial charge in [-0.05, 0) is 18.9 Å². The summed E-state index contributed by atoms with van der Waals surface area (Å²) in [6.45, 7) is 3.71. The van der Waals surface area contributed by atoms with E-state index < -0.39 is 20.6 Å². The van der Waals surface area contributed by atoms with Gasteiger partial charge < -0.3 is 0 Å². The molecular weight excluding hydrogens is 256 g/mol. The van der Waals surface area contributed by atoms with Crippen molar-refractivity contribution in [1.29, 1.82) is 0 Å². The van der Waals surface area contributed by atoms with Crippen LogP contribution in [0.15, 0.2) is 29.2 Å². The Kier molecular flexibility index (Phi) is 4.80. The van der Waals surface area contributed by atoms with Gasteiger partial charge in [0, 0.05) is 12.1 Å². The van der Waals surface area contributed by atoms with E-state index in [-0.39, 0.29) is 10.9 Å². The Hall–Kier alpha value is -1.47. The van der Waals surface area contributed by atoms with Crippen LogP contribution in [0.1, 0.15) is 26.7 Å². The molecule has 6 nitrogen and oxygen atoms in total. The summed E-state index contributed by atoms with van der Waals surface area (Å²) in [5.41, 5.74) is -0.407. The van der Waals surface area contributed by atoms with Crippen LogP contribution in [-0.2, 0) is 10.0 Å². The molecule has 0 aliphatic carbocycles. The lowest BCUT2D eigenvalue weighted by Crippen LogP contribution is -2.34. The third kappa shape index (κ3) is 3.27. The van der Waals surface area contributed by atoms with Crippen molar-refractivity contribution in [1.82, 2.24) is 4.72 Å².